The molecule has 0 radical (unpaired) electrons. The predicted octanol–water partition coefficient (Wildman–Crippen LogP) is 2.90. The van der Waals surface area contributed by atoms with Crippen molar-refractivity contribution in [1.29, 1.82) is 0 Å². The van der Waals surface area contributed by atoms with E-state index in [4.69, 9.17) is 0 Å². The second kappa shape index (κ2) is 5.93. The van der Waals surface area contributed by atoms with Gasteiger partial charge in [-0.15, -0.1) is 0 Å². The third kappa shape index (κ3) is 2.55. The molecular weight excluding hydrogens is 276 g/mol. The number of aromatic hydroxyl groups is 1. The topological polar surface area (TPSA) is 54.3 Å². The number of fused-ring (bicyclic) bond motifs is 1. The lowest BCUT2D eigenvalue weighted by Crippen LogP contribution is -2.23. The molecule has 1 aromatic heterocycles. The lowest BCUT2D eigenvalue weighted by atomic mass is 10.1. The summed E-state index contributed by atoms with van der Waals surface area (Å²) in [6, 6.07) is 17.2. The average molecular weight is 294 g/mol. The smallest absolute Gasteiger partial charge is 0.257 e. The molecule has 4 heteroatoms. The molecule has 112 valence electrons. The monoisotopic (exact) mass is 294 g/mol. The standard InChI is InChI=1S/C18H18N2O2/c1-20-16-10-6-5-9-14(16)17(21)15(18(20)22)11-12-19-13-7-3-2-4-8-13/h2-10,19,21H,11-12H2,1H3. The van der Waals surface area contributed by atoms with Crippen molar-refractivity contribution in [1.82, 2.24) is 4.57 Å². The van der Waals surface area contributed by atoms with Gasteiger partial charge in [-0.25, -0.2) is 0 Å². The molecule has 0 bridgehead atoms. The number of hydrogen-bond donors (Lipinski definition) is 2. The molecule has 2 N–H and O–H groups in total. The molecule has 0 amide bonds. The quantitative estimate of drug-likeness (QED) is 0.778. The Balaban J connectivity index is 1.89. The maximum absolute atomic E-state index is 12.4. The first-order valence-electron chi connectivity index (χ1n) is 7.27. The minimum absolute atomic E-state index is 0.0913. The van der Waals surface area contributed by atoms with Gasteiger partial charge in [-0.2, -0.15) is 0 Å². The molecule has 3 rings (SSSR count). The predicted molar refractivity (Wildman–Crippen MR) is 89.5 cm³/mol. The van der Waals surface area contributed by atoms with Crippen molar-refractivity contribution in [2.24, 2.45) is 7.05 Å². The number of rotatable bonds is 4. The van der Waals surface area contributed by atoms with Gasteiger partial charge < -0.3 is 15.0 Å². The summed E-state index contributed by atoms with van der Waals surface area (Å²) in [5, 5.41) is 14.4. The van der Waals surface area contributed by atoms with Gasteiger partial charge >= 0.3 is 0 Å². The van der Waals surface area contributed by atoms with Crippen LogP contribution in [0.25, 0.3) is 10.9 Å². The number of para-hydroxylation sites is 2. The van der Waals surface area contributed by atoms with Gasteiger partial charge in [0.15, 0.2) is 0 Å². The molecule has 0 saturated heterocycles. The molecule has 1 heterocycles. The van der Waals surface area contributed by atoms with E-state index in [1.54, 1.807) is 11.6 Å². The van der Waals surface area contributed by atoms with Crippen molar-refractivity contribution >= 4 is 16.6 Å². The van der Waals surface area contributed by atoms with Crippen molar-refractivity contribution < 1.29 is 5.11 Å². The first-order chi connectivity index (χ1) is 10.7. The van der Waals surface area contributed by atoms with Gasteiger partial charge in [0.25, 0.3) is 5.56 Å². The van der Waals surface area contributed by atoms with E-state index in [1.807, 2.05) is 54.6 Å². The lowest BCUT2D eigenvalue weighted by Gasteiger charge is -2.12. The van der Waals surface area contributed by atoms with Crippen LogP contribution in [-0.2, 0) is 13.5 Å². The highest BCUT2D eigenvalue weighted by Gasteiger charge is 2.13. The van der Waals surface area contributed by atoms with E-state index >= 15 is 0 Å². The molecule has 0 spiro atoms. The highest BCUT2D eigenvalue weighted by molar-refractivity contribution is 5.86. The Morgan fingerprint density at radius 2 is 1.73 bits per heavy atom. The van der Waals surface area contributed by atoms with Gasteiger partial charge in [-0.05, 0) is 30.7 Å². The van der Waals surface area contributed by atoms with E-state index < -0.39 is 0 Å². The van der Waals surface area contributed by atoms with Crippen LogP contribution in [0.2, 0.25) is 0 Å². The fourth-order valence-electron chi connectivity index (χ4n) is 2.66. The highest BCUT2D eigenvalue weighted by atomic mass is 16.3. The van der Waals surface area contributed by atoms with Crippen LogP contribution in [0.3, 0.4) is 0 Å². The van der Waals surface area contributed by atoms with Gasteiger partial charge in [0, 0.05) is 24.7 Å². The number of anilines is 1. The third-order valence-electron chi connectivity index (χ3n) is 3.85. The first kappa shape index (κ1) is 14.2. The summed E-state index contributed by atoms with van der Waals surface area (Å²) >= 11 is 0. The fraction of sp³-hybridized carbons (Fsp3) is 0.167. The SMILES string of the molecule is Cn1c(=O)c(CCNc2ccccc2)c(O)c2ccccc21. The average Bonchev–Trinajstić information content (AvgIpc) is 2.57. The number of hydrogen-bond acceptors (Lipinski definition) is 3. The maximum Gasteiger partial charge on any atom is 0.257 e. The van der Waals surface area contributed by atoms with Crippen LogP contribution >= 0.6 is 0 Å². The number of aromatic nitrogens is 1. The zero-order valence-corrected chi connectivity index (χ0v) is 12.4. The number of nitrogens with one attached hydrogen (secondary N) is 1. The molecule has 0 aliphatic rings. The number of benzene rings is 2. The van der Waals surface area contributed by atoms with E-state index in [-0.39, 0.29) is 11.3 Å². The summed E-state index contributed by atoms with van der Waals surface area (Å²) in [6.45, 7) is 0.588. The van der Waals surface area contributed by atoms with Gasteiger partial charge in [0.2, 0.25) is 0 Å². The molecule has 0 aliphatic carbocycles. The molecule has 4 nitrogen and oxygen atoms in total. The van der Waals surface area contributed by atoms with Crippen LogP contribution in [0.1, 0.15) is 5.56 Å². The van der Waals surface area contributed by atoms with E-state index in [9.17, 15) is 9.90 Å². The molecular formula is C18H18N2O2. The summed E-state index contributed by atoms with van der Waals surface area (Å²) in [6.07, 6.45) is 0.470. The number of nitrogens with zero attached hydrogens (tertiary/aromatic N) is 1. The number of pyridine rings is 1. The van der Waals surface area contributed by atoms with Gasteiger partial charge in [-0.3, -0.25) is 4.79 Å². The van der Waals surface area contributed by atoms with Crippen LogP contribution in [0, 0.1) is 0 Å². The summed E-state index contributed by atoms with van der Waals surface area (Å²) < 4.78 is 1.59. The molecule has 3 aromatic rings. The van der Waals surface area contributed by atoms with E-state index in [2.05, 4.69) is 5.32 Å². The zero-order chi connectivity index (χ0) is 15.5. The van der Waals surface area contributed by atoms with Crippen molar-refractivity contribution in [3.05, 3.63) is 70.5 Å². The van der Waals surface area contributed by atoms with Gasteiger partial charge in [-0.1, -0.05) is 30.3 Å². The Morgan fingerprint density at radius 1 is 1.05 bits per heavy atom. The molecule has 0 fully saturated rings. The Bertz CT molecular complexity index is 854. The Labute approximate surface area is 128 Å². The zero-order valence-electron chi connectivity index (χ0n) is 12.4. The molecule has 0 unspecified atom stereocenters. The maximum atomic E-state index is 12.4. The van der Waals surface area contributed by atoms with E-state index in [0.29, 0.717) is 23.9 Å². The van der Waals surface area contributed by atoms with Crippen LogP contribution < -0.4 is 10.9 Å². The first-order valence-corrected chi connectivity index (χ1v) is 7.27. The highest BCUT2D eigenvalue weighted by Crippen LogP contribution is 2.25. The van der Waals surface area contributed by atoms with Crippen LogP contribution in [0.15, 0.2) is 59.4 Å². The van der Waals surface area contributed by atoms with Gasteiger partial charge in [0.05, 0.1) is 11.1 Å². The fourth-order valence-corrected chi connectivity index (χ4v) is 2.66. The Hall–Kier alpha value is -2.75. The lowest BCUT2D eigenvalue weighted by molar-refractivity contribution is 0.472. The molecule has 0 atom stereocenters. The van der Waals surface area contributed by atoms with Crippen LogP contribution in [0.5, 0.6) is 5.75 Å². The third-order valence-corrected chi connectivity index (χ3v) is 3.85. The van der Waals surface area contributed by atoms with Gasteiger partial charge in [0.1, 0.15) is 5.75 Å². The summed E-state index contributed by atoms with van der Waals surface area (Å²) in [7, 11) is 1.73. The Kier molecular flexibility index (Phi) is 3.83. The molecule has 0 aliphatic heterocycles. The van der Waals surface area contributed by atoms with Crippen LogP contribution in [0.4, 0.5) is 5.69 Å². The summed E-state index contributed by atoms with van der Waals surface area (Å²) in [5.74, 6) is 0.0913. The molecule has 0 saturated carbocycles. The minimum atomic E-state index is -0.147. The van der Waals surface area contributed by atoms with Crippen molar-refractivity contribution in [3.8, 4) is 5.75 Å². The second-order valence-electron chi connectivity index (χ2n) is 5.25. The van der Waals surface area contributed by atoms with E-state index in [0.717, 1.165) is 11.2 Å². The normalized spacial score (nSPS) is 10.8. The van der Waals surface area contributed by atoms with Crippen LogP contribution in [-0.4, -0.2) is 16.2 Å². The summed E-state index contributed by atoms with van der Waals surface area (Å²) in [5.41, 5.74) is 2.04. The molecule has 22 heavy (non-hydrogen) atoms. The van der Waals surface area contributed by atoms with Crippen molar-refractivity contribution in [2.45, 2.75) is 6.42 Å². The second-order valence-corrected chi connectivity index (χ2v) is 5.25. The molecule has 2 aromatic carbocycles. The Morgan fingerprint density at radius 3 is 2.50 bits per heavy atom. The number of aryl methyl sites for hydroxylation is 1. The largest absolute Gasteiger partial charge is 0.507 e. The summed E-state index contributed by atoms with van der Waals surface area (Å²) in [4.78, 5) is 12.4. The van der Waals surface area contributed by atoms with Crippen molar-refractivity contribution in [3.63, 3.8) is 0 Å². The van der Waals surface area contributed by atoms with E-state index in [1.165, 1.54) is 0 Å². The van der Waals surface area contributed by atoms with Crippen molar-refractivity contribution in [2.75, 3.05) is 11.9 Å². The minimum Gasteiger partial charge on any atom is -0.507 e.